The van der Waals surface area contributed by atoms with Crippen LogP contribution in [-0.2, 0) is 0 Å². The van der Waals surface area contributed by atoms with Crippen molar-refractivity contribution in [2.24, 2.45) is 5.10 Å². The molecule has 0 saturated heterocycles. The molecule has 0 fully saturated rings. The first kappa shape index (κ1) is 15.7. The lowest BCUT2D eigenvalue weighted by Crippen LogP contribution is -2.21. The van der Waals surface area contributed by atoms with Crippen LogP contribution in [0.25, 0.3) is 0 Å². The lowest BCUT2D eigenvalue weighted by molar-refractivity contribution is 0.206. The Labute approximate surface area is 151 Å². The first-order chi connectivity index (χ1) is 12.3. The molecule has 4 rings (SSSR count). The third kappa shape index (κ3) is 3.52. The van der Waals surface area contributed by atoms with Crippen LogP contribution in [0.1, 0.15) is 23.7 Å². The van der Waals surface area contributed by atoms with Crippen LogP contribution in [0.15, 0.2) is 84.0 Å². The minimum atomic E-state index is -0.0801. The van der Waals surface area contributed by atoms with Gasteiger partial charge in [0.2, 0.25) is 0 Å². The average molecular weight is 349 g/mol. The Morgan fingerprint density at radius 3 is 2.40 bits per heavy atom. The van der Waals surface area contributed by atoms with E-state index in [0.29, 0.717) is 6.42 Å². The Morgan fingerprint density at radius 1 is 0.880 bits per heavy atom. The highest BCUT2D eigenvalue weighted by atomic mass is 35.5. The third-order valence-corrected chi connectivity index (χ3v) is 4.43. The van der Waals surface area contributed by atoms with Gasteiger partial charge in [-0.1, -0.05) is 54.1 Å². The van der Waals surface area contributed by atoms with Gasteiger partial charge >= 0.3 is 0 Å². The van der Waals surface area contributed by atoms with Crippen LogP contribution in [0.3, 0.4) is 0 Å². The molecule has 0 saturated carbocycles. The van der Waals surface area contributed by atoms with E-state index in [1.807, 2.05) is 78.9 Å². The number of rotatable bonds is 3. The minimum Gasteiger partial charge on any atom is -0.485 e. The zero-order valence-corrected chi connectivity index (χ0v) is 14.3. The van der Waals surface area contributed by atoms with Crippen molar-refractivity contribution in [2.45, 2.75) is 12.5 Å². The number of hydrazone groups is 1. The van der Waals surface area contributed by atoms with Crippen molar-refractivity contribution >= 4 is 23.0 Å². The molecular weight excluding hydrogens is 332 g/mol. The zero-order valence-electron chi connectivity index (χ0n) is 13.5. The quantitative estimate of drug-likeness (QED) is 0.618. The van der Waals surface area contributed by atoms with Crippen LogP contribution >= 0.6 is 11.6 Å². The number of hydrogen-bond donors (Lipinski definition) is 1. The summed E-state index contributed by atoms with van der Waals surface area (Å²) < 4.78 is 6.19. The molecule has 1 aliphatic heterocycles. The summed E-state index contributed by atoms with van der Waals surface area (Å²) in [6.45, 7) is 0. The molecule has 0 radical (unpaired) electrons. The van der Waals surface area contributed by atoms with E-state index >= 15 is 0 Å². The van der Waals surface area contributed by atoms with Crippen LogP contribution in [0, 0.1) is 0 Å². The first-order valence-corrected chi connectivity index (χ1v) is 8.56. The van der Waals surface area contributed by atoms with Gasteiger partial charge in [-0.05, 0) is 42.0 Å². The predicted molar refractivity (Wildman–Crippen MR) is 102 cm³/mol. The lowest BCUT2D eigenvalue weighted by atomic mass is 9.96. The summed E-state index contributed by atoms with van der Waals surface area (Å²) in [7, 11) is 0. The number of nitrogens with zero attached hydrogens (tertiary/aromatic N) is 1. The summed E-state index contributed by atoms with van der Waals surface area (Å²) in [5, 5.41) is 5.37. The summed E-state index contributed by atoms with van der Waals surface area (Å²) >= 11 is 6.00. The molecule has 0 aliphatic carbocycles. The largest absolute Gasteiger partial charge is 0.485 e. The second-order valence-electron chi connectivity index (χ2n) is 5.89. The number of benzene rings is 3. The van der Waals surface area contributed by atoms with Gasteiger partial charge in [-0.25, -0.2) is 0 Å². The van der Waals surface area contributed by atoms with Crippen LogP contribution < -0.4 is 10.2 Å². The number of para-hydroxylation sites is 2. The summed E-state index contributed by atoms with van der Waals surface area (Å²) in [4.78, 5) is 0. The maximum Gasteiger partial charge on any atom is 0.129 e. The van der Waals surface area contributed by atoms with E-state index < -0.39 is 0 Å². The third-order valence-electron chi connectivity index (χ3n) is 4.18. The van der Waals surface area contributed by atoms with Gasteiger partial charge in [0.15, 0.2) is 0 Å². The number of hydrogen-bond acceptors (Lipinski definition) is 3. The topological polar surface area (TPSA) is 33.6 Å². The fourth-order valence-electron chi connectivity index (χ4n) is 2.90. The van der Waals surface area contributed by atoms with Crippen molar-refractivity contribution in [1.82, 2.24) is 0 Å². The maximum atomic E-state index is 6.19. The van der Waals surface area contributed by atoms with Crippen molar-refractivity contribution in [3.63, 3.8) is 0 Å². The molecule has 3 aromatic rings. The number of anilines is 1. The monoisotopic (exact) mass is 348 g/mol. The standard InChI is InChI=1S/C21H17ClN2O/c22-16-12-10-15(11-13-16)21-14-19(18-8-4-5-9-20(18)25-21)24-23-17-6-2-1-3-7-17/h1-13,21,23H,14H2/b24-19+. The van der Waals surface area contributed by atoms with Crippen LogP contribution in [0.4, 0.5) is 5.69 Å². The summed E-state index contributed by atoms with van der Waals surface area (Å²) in [5.74, 6) is 0.849. The number of ether oxygens (including phenoxy) is 1. The molecule has 0 aromatic heterocycles. The smallest absolute Gasteiger partial charge is 0.129 e. The van der Waals surface area contributed by atoms with Gasteiger partial charge in [0.25, 0.3) is 0 Å². The minimum absolute atomic E-state index is 0.0801. The molecule has 0 spiro atoms. The Kier molecular flexibility index (Phi) is 4.40. The van der Waals surface area contributed by atoms with Crippen molar-refractivity contribution in [3.05, 3.63) is 95.0 Å². The Balaban J connectivity index is 1.66. The molecule has 0 amide bonds. The van der Waals surface area contributed by atoms with Gasteiger partial charge in [-0.15, -0.1) is 0 Å². The molecule has 1 aliphatic rings. The fraction of sp³-hybridized carbons (Fsp3) is 0.0952. The average Bonchev–Trinajstić information content (AvgIpc) is 2.67. The van der Waals surface area contributed by atoms with Gasteiger partial charge in [0, 0.05) is 17.0 Å². The van der Waals surface area contributed by atoms with E-state index in [2.05, 4.69) is 10.5 Å². The van der Waals surface area contributed by atoms with Crippen molar-refractivity contribution in [1.29, 1.82) is 0 Å². The van der Waals surface area contributed by atoms with Crippen LogP contribution in [0.2, 0.25) is 5.02 Å². The summed E-state index contributed by atoms with van der Waals surface area (Å²) in [6, 6.07) is 25.7. The van der Waals surface area contributed by atoms with Crippen molar-refractivity contribution in [2.75, 3.05) is 5.43 Å². The lowest BCUT2D eigenvalue weighted by Gasteiger charge is -2.27. The number of fused-ring (bicyclic) bond motifs is 1. The normalized spacial score (nSPS) is 17.6. The molecule has 1 N–H and O–H groups in total. The van der Waals surface area contributed by atoms with Gasteiger partial charge in [-0.2, -0.15) is 5.10 Å². The Morgan fingerprint density at radius 2 is 1.60 bits per heavy atom. The highest BCUT2D eigenvalue weighted by Gasteiger charge is 2.26. The Hall–Kier alpha value is -2.78. The molecular formula is C21H17ClN2O. The van der Waals surface area contributed by atoms with E-state index in [0.717, 1.165) is 33.3 Å². The maximum absolute atomic E-state index is 6.19. The van der Waals surface area contributed by atoms with Crippen molar-refractivity contribution in [3.8, 4) is 5.75 Å². The predicted octanol–water partition coefficient (Wildman–Crippen LogP) is 5.68. The summed E-state index contributed by atoms with van der Waals surface area (Å²) in [5.41, 5.74) is 7.20. The molecule has 1 atom stereocenters. The van der Waals surface area contributed by atoms with Gasteiger partial charge < -0.3 is 4.74 Å². The molecule has 3 aromatic carbocycles. The summed E-state index contributed by atoms with van der Waals surface area (Å²) in [6.07, 6.45) is 0.613. The SMILES string of the molecule is Clc1ccc(C2C/C(=N\Nc3ccccc3)c3ccccc3O2)cc1. The number of nitrogens with one attached hydrogen (secondary N) is 1. The zero-order chi connectivity index (χ0) is 17.1. The van der Waals surface area contributed by atoms with Crippen molar-refractivity contribution < 1.29 is 4.74 Å². The van der Waals surface area contributed by atoms with Gasteiger partial charge in [0.05, 0.1) is 11.4 Å². The van der Waals surface area contributed by atoms with Crippen LogP contribution in [0.5, 0.6) is 5.75 Å². The highest BCUT2D eigenvalue weighted by molar-refractivity contribution is 6.30. The number of halogens is 1. The van der Waals surface area contributed by atoms with E-state index in [9.17, 15) is 0 Å². The molecule has 1 unspecified atom stereocenters. The molecule has 4 heteroatoms. The van der Waals surface area contributed by atoms with E-state index in [4.69, 9.17) is 16.3 Å². The molecule has 124 valence electrons. The van der Waals surface area contributed by atoms with E-state index in [1.54, 1.807) is 0 Å². The highest BCUT2D eigenvalue weighted by Crippen LogP contribution is 2.35. The van der Waals surface area contributed by atoms with Gasteiger partial charge in [-0.3, -0.25) is 5.43 Å². The van der Waals surface area contributed by atoms with Gasteiger partial charge in [0.1, 0.15) is 11.9 Å². The molecule has 1 heterocycles. The van der Waals surface area contributed by atoms with Crippen LogP contribution in [-0.4, -0.2) is 5.71 Å². The molecule has 25 heavy (non-hydrogen) atoms. The molecule has 0 bridgehead atoms. The van der Waals surface area contributed by atoms with E-state index in [-0.39, 0.29) is 6.10 Å². The van der Waals surface area contributed by atoms with E-state index in [1.165, 1.54) is 0 Å². The Bertz CT molecular complexity index is 891. The second-order valence-corrected chi connectivity index (χ2v) is 6.33. The molecule has 3 nitrogen and oxygen atoms in total. The first-order valence-electron chi connectivity index (χ1n) is 8.19. The fourth-order valence-corrected chi connectivity index (χ4v) is 3.03. The second kappa shape index (κ2) is 6.99.